The van der Waals surface area contributed by atoms with Gasteiger partial charge in [-0.3, -0.25) is 9.59 Å². The van der Waals surface area contributed by atoms with Crippen LogP contribution in [0.2, 0.25) is 5.02 Å². The van der Waals surface area contributed by atoms with Crippen LogP contribution in [-0.4, -0.2) is 17.8 Å². The smallest absolute Gasteiger partial charge is 0.248 e. The van der Waals surface area contributed by atoms with Gasteiger partial charge in [-0.1, -0.05) is 11.6 Å². The van der Waals surface area contributed by atoms with Crippen LogP contribution in [0.1, 0.15) is 10.4 Å². The van der Waals surface area contributed by atoms with Gasteiger partial charge in [0.25, 0.3) is 0 Å². The second-order valence-corrected chi connectivity index (χ2v) is 3.61. The summed E-state index contributed by atoms with van der Waals surface area (Å²) in [6, 6.07) is 4.08. The maximum atomic E-state index is 11.3. The number of halogens is 1. The minimum atomic E-state index is -1.50. The first-order valence-corrected chi connectivity index (χ1v) is 5.07. The summed E-state index contributed by atoms with van der Waals surface area (Å²) in [6.07, 6.45) is 1.34. The predicted molar refractivity (Wildman–Crippen MR) is 62.7 cm³/mol. The molecule has 0 heterocycles. The van der Waals surface area contributed by atoms with Gasteiger partial charge in [-0.2, -0.15) is 0 Å². The van der Waals surface area contributed by atoms with Crippen molar-refractivity contribution in [2.75, 3.05) is 5.32 Å². The lowest BCUT2D eigenvalue weighted by atomic mass is 10.2. The van der Waals surface area contributed by atoms with Crippen LogP contribution in [0.5, 0.6) is 0 Å². The lowest BCUT2D eigenvalue weighted by Gasteiger charge is -2.06. The summed E-state index contributed by atoms with van der Waals surface area (Å²) in [5, 5.41) is 12.6. The first-order valence-electron chi connectivity index (χ1n) is 4.69. The first-order chi connectivity index (χ1) is 8.40. The van der Waals surface area contributed by atoms with Crippen molar-refractivity contribution in [3.8, 4) is 0 Å². The number of hydrogen-bond acceptors (Lipinski definition) is 4. The van der Waals surface area contributed by atoms with Gasteiger partial charge in [-0.05, 0) is 24.3 Å². The van der Waals surface area contributed by atoms with Crippen molar-refractivity contribution in [1.82, 2.24) is 0 Å². The Bertz CT molecular complexity index is 540. The largest absolute Gasteiger partial charge is 0.545 e. The average Bonchev–Trinajstić information content (AvgIpc) is 2.29. The van der Waals surface area contributed by atoms with Crippen molar-refractivity contribution >= 4 is 35.1 Å². The number of nitrogens with one attached hydrogen (secondary N) is 1. The summed E-state index contributed by atoms with van der Waals surface area (Å²) < 4.78 is 0. The van der Waals surface area contributed by atoms with Crippen molar-refractivity contribution in [3.63, 3.8) is 0 Å². The van der Waals surface area contributed by atoms with E-state index in [1.54, 1.807) is 0 Å². The summed E-state index contributed by atoms with van der Waals surface area (Å²) >= 11 is 5.79. The lowest BCUT2D eigenvalue weighted by molar-refractivity contribution is -0.297. The van der Waals surface area contributed by atoms with Gasteiger partial charge in [0.15, 0.2) is 0 Å². The van der Waals surface area contributed by atoms with E-state index in [1.165, 1.54) is 18.2 Å². The molecule has 0 spiro atoms. The number of nitrogens with two attached hydrogens (primary N) is 1. The van der Waals surface area contributed by atoms with Crippen molar-refractivity contribution in [2.24, 2.45) is 5.73 Å². The van der Waals surface area contributed by atoms with Gasteiger partial charge in [0, 0.05) is 11.6 Å². The van der Waals surface area contributed by atoms with Crippen LogP contribution in [0.3, 0.4) is 0 Å². The Kier molecular flexibility index (Phi) is 4.45. The van der Waals surface area contributed by atoms with Crippen LogP contribution in [0, 0.1) is 0 Å². The molecule has 1 rings (SSSR count). The molecule has 0 unspecified atom stereocenters. The summed E-state index contributed by atoms with van der Waals surface area (Å²) in [7, 11) is 0. The molecule has 94 valence electrons. The van der Waals surface area contributed by atoms with Crippen LogP contribution in [0.15, 0.2) is 30.4 Å². The molecular formula is C11H8ClN2O4-. The molecule has 0 bridgehead atoms. The van der Waals surface area contributed by atoms with E-state index in [9.17, 15) is 19.5 Å². The Morgan fingerprint density at radius 3 is 2.50 bits per heavy atom. The minimum Gasteiger partial charge on any atom is -0.545 e. The normalized spacial score (nSPS) is 10.3. The molecule has 0 aliphatic carbocycles. The quantitative estimate of drug-likeness (QED) is 0.728. The van der Waals surface area contributed by atoms with Crippen LogP contribution in [-0.2, 0) is 9.59 Å². The Morgan fingerprint density at radius 1 is 1.28 bits per heavy atom. The minimum absolute atomic E-state index is 0.154. The SMILES string of the molecule is NC(=O)c1ccc(Cl)c(NC(=O)C=CC(=O)[O-])c1. The van der Waals surface area contributed by atoms with Crippen LogP contribution >= 0.6 is 11.6 Å². The number of anilines is 1. The van der Waals surface area contributed by atoms with Crippen molar-refractivity contribution < 1.29 is 19.5 Å². The van der Waals surface area contributed by atoms with Crippen molar-refractivity contribution in [3.05, 3.63) is 40.9 Å². The topological polar surface area (TPSA) is 112 Å². The molecule has 0 aromatic heterocycles. The molecular weight excluding hydrogens is 260 g/mol. The predicted octanol–water partition coefficient (Wildman–Crippen LogP) is -0.317. The lowest BCUT2D eigenvalue weighted by Crippen LogP contribution is -2.20. The third-order valence-corrected chi connectivity index (χ3v) is 2.21. The highest BCUT2D eigenvalue weighted by Gasteiger charge is 2.07. The molecule has 0 saturated carbocycles. The zero-order chi connectivity index (χ0) is 13.7. The Labute approximate surface area is 107 Å². The standard InChI is InChI=1S/C11H9ClN2O4/c12-7-2-1-6(11(13)18)5-8(7)14-9(15)3-4-10(16)17/h1-5H,(H2,13,18)(H,14,15)(H,16,17)/p-1. The van der Waals surface area contributed by atoms with Gasteiger partial charge >= 0.3 is 0 Å². The van der Waals surface area contributed by atoms with E-state index >= 15 is 0 Å². The van der Waals surface area contributed by atoms with Gasteiger partial charge < -0.3 is 21.0 Å². The number of amides is 2. The molecule has 0 aliphatic heterocycles. The third kappa shape index (κ3) is 3.91. The van der Waals surface area contributed by atoms with E-state index in [0.29, 0.717) is 6.08 Å². The number of carboxylic acid groups (broad SMARTS) is 1. The maximum Gasteiger partial charge on any atom is 0.248 e. The first kappa shape index (κ1) is 13.7. The van der Waals surface area contributed by atoms with Gasteiger partial charge in [0.1, 0.15) is 0 Å². The highest BCUT2D eigenvalue weighted by Crippen LogP contribution is 2.22. The highest BCUT2D eigenvalue weighted by atomic mass is 35.5. The summed E-state index contributed by atoms with van der Waals surface area (Å²) in [5.41, 5.74) is 5.39. The average molecular weight is 268 g/mol. The van der Waals surface area contributed by atoms with Crippen LogP contribution in [0.25, 0.3) is 0 Å². The molecule has 7 heteroatoms. The zero-order valence-electron chi connectivity index (χ0n) is 8.98. The number of hydrogen-bond donors (Lipinski definition) is 2. The molecule has 6 nitrogen and oxygen atoms in total. The number of carbonyl (C=O) groups excluding carboxylic acids is 3. The molecule has 0 saturated heterocycles. The Morgan fingerprint density at radius 2 is 1.94 bits per heavy atom. The van der Waals surface area contributed by atoms with E-state index in [-0.39, 0.29) is 16.3 Å². The summed E-state index contributed by atoms with van der Waals surface area (Å²) in [5.74, 6) is -2.89. The van der Waals surface area contributed by atoms with E-state index in [2.05, 4.69) is 5.32 Å². The van der Waals surface area contributed by atoms with E-state index in [0.717, 1.165) is 6.08 Å². The summed E-state index contributed by atoms with van der Waals surface area (Å²) in [4.78, 5) is 32.3. The second kappa shape index (κ2) is 5.83. The van der Waals surface area contributed by atoms with E-state index < -0.39 is 17.8 Å². The van der Waals surface area contributed by atoms with Gasteiger partial charge in [0.2, 0.25) is 11.8 Å². The molecule has 18 heavy (non-hydrogen) atoms. The maximum absolute atomic E-state index is 11.3. The number of benzene rings is 1. The molecule has 0 atom stereocenters. The number of rotatable bonds is 4. The van der Waals surface area contributed by atoms with E-state index in [1.807, 2.05) is 0 Å². The fourth-order valence-corrected chi connectivity index (χ4v) is 1.26. The van der Waals surface area contributed by atoms with Gasteiger partial charge in [0.05, 0.1) is 16.7 Å². The third-order valence-electron chi connectivity index (χ3n) is 1.88. The molecule has 0 radical (unpaired) electrons. The highest BCUT2D eigenvalue weighted by molar-refractivity contribution is 6.34. The van der Waals surface area contributed by atoms with Crippen LogP contribution < -0.4 is 16.2 Å². The molecule has 3 N–H and O–H groups in total. The van der Waals surface area contributed by atoms with Crippen LogP contribution in [0.4, 0.5) is 5.69 Å². The number of carbonyl (C=O) groups is 3. The Hall–Kier alpha value is -2.34. The van der Waals surface area contributed by atoms with Gasteiger partial charge in [-0.25, -0.2) is 0 Å². The molecule has 0 fully saturated rings. The fourth-order valence-electron chi connectivity index (χ4n) is 1.09. The fraction of sp³-hybridized carbons (Fsp3) is 0. The number of primary amides is 1. The van der Waals surface area contributed by atoms with Crippen molar-refractivity contribution in [1.29, 1.82) is 0 Å². The van der Waals surface area contributed by atoms with Gasteiger partial charge in [-0.15, -0.1) is 0 Å². The second-order valence-electron chi connectivity index (χ2n) is 3.20. The van der Waals surface area contributed by atoms with Crippen molar-refractivity contribution in [2.45, 2.75) is 0 Å². The van der Waals surface area contributed by atoms with E-state index in [4.69, 9.17) is 17.3 Å². The molecule has 1 aromatic rings. The summed E-state index contributed by atoms with van der Waals surface area (Å²) in [6.45, 7) is 0. The molecule has 1 aromatic carbocycles. The number of aliphatic carboxylic acids is 1. The Balaban J connectivity index is 2.90. The zero-order valence-corrected chi connectivity index (χ0v) is 9.73. The monoisotopic (exact) mass is 267 g/mol. The number of carboxylic acids is 1. The molecule has 2 amide bonds. The molecule has 0 aliphatic rings.